The lowest BCUT2D eigenvalue weighted by Crippen LogP contribution is -2.21. The van der Waals surface area contributed by atoms with Crippen LogP contribution in [0.3, 0.4) is 0 Å². The van der Waals surface area contributed by atoms with Crippen LogP contribution in [-0.4, -0.2) is 25.6 Å². The summed E-state index contributed by atoms with van der Waals surface area (Å²) in [7, 11) is 1.22. The maximum Gasteiger partial charge on any atom is 0.416 e. The van der Waals surface area contributed by atoms with E-state index in [0.717, 1.165) is 35.6 Å². The van der Waals surface area contributed by atoms with Gasteiger partial charge < -0.3 is 14.8 Å². The number of thiophene rings is 1. The van der Waals surface area contributed by atoms with Crippen LogP contribution in [0.25, 0.3) is 0 Å². The van der Waals surface area contributed by atoms with E-state index in [1.165, 1.54) is 13.2 Å². The largest absolute Gasteiger partial charge is 0.484 e. The number of hydrogen-bond donors (Lipinski definition) is 1. The van der Waals surface area contributed by atoms with Gasteiger partial charge in [0.1, 0.15) is 10.6 Å². The minimum absolute atomic E-state index is 0.122. The molecule has 0 spiro atoms. The quantitative estimate of drug-likeness (QED) is 0.829. The molecule has 0 aliphatic rings. The van der Waals surface area contributed by atoms with Crippen LogP contribution in [0.1, 0.15) is 15.2 Å². The van der Waals surface area contributed by atoms with Gasteiger partial charge >= 0.3 is 12.1 Å². The van der Waals surface area contributed by atoms with E-state index < -0.39 is 30.2 Å². The Morgan fingerprint density at radius 3 is 2.42 bits per heavy atom. The van der Waals surface area contributed by atoms with Gasteiger partial charge in [0.2, 0.25) is 0 Å². The summed E-state index contributed by atoms with van der Waals surface area (Å²) in [6, 6.07) is 5.51. The van der Waals surface area contributed by atoms with Gasteiger partial charge in [-0.25, -0.2) is 4.79 Å². The van der Waals surface area contributed by atoms with Crippen molar-refractivity contribution < 1.29 is 32.2 Å². The highest BCUT2D eigenvalue weighted by Crippen LogP contribution is 2.30. The van der Waals surface area contributed by atoms with Gasteiger partial charge in [-0.15, -0.1) is 11.3 Å². The number of methoxy groups -OCH3 is 1. The lowest BCUT2D eigenvalue weighted by atomic mass is 10.2. The number of rotatable bonds is 5. The summed E-state index contributed by atoms with van der Waals surface area (Å²) in [5, 5.41) is 4.09. The number of ether oxygens (including phenoxy) is 2. The molecule has 0 unspecified atom stereocenters. The molecule has 1 amide bonds. The van der Waals surface area contributed by atoms with E-state index in [4.69, 9.17) is 4.74 Å². The number of carbonyl (C=O) groups is 2. The van der Waals surface area contributed by atoms with Crippen molar-refractivity contribution >= 4 is 28.9 Å². The summed E-state index contributed by atoms with van der Waals surface area (Å²) in [5.74, 6) is -1.01. The van der Waals surface area contributed by atoms with E-state index in [0.29, 0.717) is 0 Å². The van der Waals surface area contributed by atoms with E-state index in [1.54, 1.807) is 5.38 Å². The average molecular weight is 359 g/mol. The third-order valence-corrected chi connectivity index (χ3v) is 3.76. The Hall–Kier alpha value is -2.55. The van der Waals surface area contributed by atoms with Crippen LogP contribution in [0, 0.1) is 0 Å². The first kappa shape index (κ1) is 17.8. The molecule has 0 saturated carbocycles. The standard InChI is InChI=1S/C15H12F3NO4S/c1-22-14(21)13-11(6-7-24-13)19-12(20)8-23-10-4-2-9(3-5-10)15(16,17)18/h2-7H,8H2,1H3,(H,19,20). The summed E-state index contributed by atoms with van der Waals surface area (Å²) >= 11 is 1.11. The van der Waals surface area contributed by atoms with Crippen LogP contribution in [0.4, 0.5) is 18.9 Å². The molecule has 5 nitrogen and oxygen atoms in total. The zero-order chi connectivity index (χ0) is 17.7. The van der Waals surface area contributed by atoms with Gasteiger partial charge in [0, 0.05) is 0 Å². The Morgan fingerprint density at radius 1 is 1.17 bits per heavy atom. The molecule has 1 heterocycles. The Kier molecular flexibility index (Phi) is 5.45. The second-order valence-corrected chi connectivity index (χ2v) is 5.43. The van der Waals surface area contributed by atoms with Gasteiger partial charge in [0.15, 0.2) is 6.61 Å². The van der Waals surface area contributed by atoms with Crippen molar-refractivity contribution in [2.45, 2.75) is 6.18 Å². The minimum Gasteiger partial charge on any atom is -0.484 e. The molecule has 0 radical (unpaired) electrons. The van der Waals surface area contributed by atoms with Crippen LogP contribution in [-0.2, 0) is 15.7 Å². The van der Waals surface area contributed by atoms with Gasteiger partial charge in [-0.1, -0.05) is 0 Å². The lowest BCUT2D eigenvalue weighted by Gasteiger charge is -2.09. The monoisotopic (exact) mass is 359 g/mol. The minimum atomic E-state index is -4.43. The number of carbonyl (C=O) groups excluding carboxylic acids is 2. The number of halogens is 3. The van der Waals surface area contributed by atoms with Crippen LogP contribution in [0.15, 0.2) is 35.7 Å². The van der Waals surface area contributed by atoms with Gasteiger partial charge in [-0.05, 0) is 35.7 Å². The number of nitrogens with one attached hydrogen (secondary N) is 1. The SMILES string of the molecule is COC(=O)c1sccc1NC(=O)COc1ccc(C(F)(F)F)cc1. The van der Waals surface area contributed by atoms with Crippen molar-refractivity contribution in [2.75, 3.05) is 19.0 Å². The van der Waals surface area contributed by atoms with Gasteiger partial charge in [0.25, 0.3) is 5.91 Å². The predicted molar refractivity (Wildman–Crippen MR) is 81.2 cm³/mol. The van der Waals surface area contributed by atoms with E-state index >= 15 is 0 Å². The fourth-order valence-corrected chi connectivity index (χ4v) is 2.50. The van der Waals surface area contributed by atoms with Crippen molar-refractivity contribution in [1.82, 2.24) is 0 Å². The molecule has 2 aromatic rings. The second-order valence-electron chi connectivity index (χ2n) is 4.51. The Bertz CT molecular complexity index is 725. The first-order valence-electron chi connectivity index (χ1n) is 6.57. The van der Waals surface area contributed by atoms with E-state index in [-0.39, 0.29) is 16.3 Å². The summed E-state index contributed by atoms with van der Waals surface area (Å²) in [6.07, 6.45) is -4.43. The van der Waals surface area contributed by atoms with Crippen LogP contribution >= 0.6 is 11.3 Å². The van der Waals surface area contributed by atoms with E-state index in [2.05, 4.69) is 10.1 Å². The molecule has 1 aromatic heterocycles. The predicted octanol–water partition coefficient (Wildman–Crippen LogP) is 3.57. The van der Waals surface area contributed by atoms with E-state index in [9.17, 15) is 22.8 Å². The van der Waals surface area contributed by atoms with Gasteiger partial charge in [0.05, 0.1) is 18.4 Å². The summed E-state index contributed by atoms with van der Waals surface area (Å²) in [6.45, 7) is -0.415. The Balaban J connectivity index is 1.92. The number of amides is 1. The molecule has 1 N–H and O–H groups in total. The number of anilines is 1. The summed E-state index contributed by atoms with van der Waals surface area (Å²) < 4.78 is 47.0. The fourth-order valence-electron chi connectivity index (χ4n) is 1.73. The third kappa shape index (κ3) is 4.48. The highest BCUT2D eigenvalue weighted by Gasteiger charge is 2.30. The van der Waals surface area contributed by atoms with Crippen molar-refractivity contribution in [3.63, 3.8) is 0 Å². The molecule has 0 saturated heterocycles. The molecular weight excluding hydrogens is 347 g/mol. The molecule has 0 fully saturated rings. The first-order valence-corrected chi connectivity index (χ1v) is 7.45. The zero-order valence-corrected chi connectivity index (χ0v) is 13.2. The third-order valence-electron chi connectivity index (χ3n) is 2.86. The highest BCUT2D eigenvalue weighted by molar-refractivity contribution is 7.12. The zero-order valence-electron chi connectivity index (χ0n) is 12.3. The highest BCUT2D eigenvalue weighted by atomic mass is 32.1. The normalized spacial score (nSPS) is 11.0. The van der Waals surface area contributed by atoms with Crippen molar-refractivity contribution in [2.24, 2.45) is 0 Å². The fraction of sp³-hybridized carbons (Fsp3) is 0.200. The van der Waals surface area contributed by atoms with Crippen molar-refractivity contribution in [1.29, 1.82) is 0 Å². The van der Waals surface area contributed by atoms with Gasteiger partial charge in [-0.3, -0.25) is 4.79 Å². The van der Waals surface area contributed by atoms with Crippen molar-refractivity contribution in [3.8, 4) is 5.75 Å². The molecule has 9 heteroatoms. The molecule has 0 bridgehead atoms. The maximum absolute atomic E-state index is 12.4. The first-order chi connectivity index (χ1) is 11.3. The molecule has 2 rings (SSSR count). The second kappa shape index (κ2) is 7.35. The topological polar surface area (TPSA) is 64.6 Å². The average Bonchev–Trinajstić information content (AvgIpc) is 3.00. The number of esters is 1. The molecule has 0 aliphatic heterocycles. The van der Waals surface area contributed by atoms with Crippen LogP contribution in [0.5, 0.6) is 5.75 Å². The smallest absolute Gasteiger partial charge is 0.416 e. The van der Waals surface area contributed by atoms with Gasteiger partial charge in [-0.2, -0.15) is 13.2 Å². The van der Waals surface area contributed by atoms with Crippen molar-refractivity contribution in [3.05, 3.63) is 46.2 Å². The number of benzene rings is 1. The molecule has 1 aromatic carbocycles. The lowest BCUT2D eigenvalue weighted by molar-refractivity contribution is -0.137. The number of hydrogen-bond acceptors (Lipinski definition) is 5. The van der Waals surface area contributed by atoms with E-state index in [1.807, 2.05) is 0 Å². The Morgan fingerprint density at radius 2 is 1.83 bits per heavy atom. The number of alkyl halides is 3. The molecular formula is C15H12F3NO4S. The summed E-state index contributed by atoms with van der Waals surface area (Å²) in [4.78, 5) is 23.5. The maximum atomic E-state index is 12.4. The molecule has 0 atom stereocenters. The van der Waals surface area contributed by atoms with Crippen LogP contribution in [0.2, 0.25) is 0 Å². The van der Waals surface area contributed by atoms with Crippen LogP contribution < -0.4 is 10.1 Å². The summed E-state index contributed by atoms with van der Waals surface area (Å²) in [5.41, 5.74) is -0.520. The Labute approximate surface area is 139 Å². The molecule has 128 valence electrons. The molecule has 0 aliphatic carbocycles. The molecule has 24 heavy (non-hydrogen) atoms.